The van der Waals surface area contributed by atoms with Gasteiger partial charge in [0, 0.05) is 23.2 Å². The summed E-state index contributed by atoms with van der Waals surface area (Å²) in [7, 11) is 0. The van der Waals surface area contributed by atoms with Gasteiger partial charge >= 0.3 is 0 Å². The average molecular weight is 306 g/mol. The Hall–Kier alpha value is -1.30. The number of nitrogens with one attached hydrogen (secondary N) is 1. The second-order valence-corrected chi connectivity index (χ2v) is 6.13. The van der Waals surface area contributed by atoms with Gasteiger partial charge < -0.3 is 10.4 Å². The molecule has 0 saturated heterocycles. The molecule has 2 N–H and O–H groups in total. The highest BCUT2D eigenvalue weighted by molar-refractivity contribution is 7.99. The largest absolute Gasteiger partial charge is 0.395 e. The van der Waals surface area contributed by atoms with Crippen molar-refractivity contribution in [1.82, 2.24) is 4.90 Å². The van der Waals surface area contributed by atoms with Crippen molar-refractivity contribution in [3.05, 3.63) is 36.9 Å². The smallest absolute Gasteiger partial charge is 0.238 e. The Kier molecular flexibility index (Phi) is 6.29. The molecule has 0 atom stereocenters. The van der Waals surface area contributed by atoms with Crippen LogP contribution in [0.5, 0.6) is 0 Å². The topological polar surface area (TPSA) is 52.6 Å². The zero-order valence-corrected chi connectivity index (χ0v) is 12.9. The molecular formula is C16H22N2O2S. The maximum atomic E-state index is 12.2. The molecule has 0 aliphatic heterocycles. The summed E-state index contributed by atoms with van der Waals surface area (Å²) in [5.74, 6) is 0.785. The Labute approximate surface area is 130 Å². The van der Waals surface area contributed by atoms with Gasteiger partial charge in [-0.3, -0.25) is 9.69 Å². The number of para-hydroxylation sites is 1. The Balaban J connectivity index is 1.93. The molecule has 21 heavy (non-hydrogen) atoms. The minimum atomic E-state index is -0.0259. The van der Waals surface area contributed by atoms with Gasteiger partial charge in [-0.05, 0) is 25.0 Å². The van der Waals surface area contributed by atoms with Gasteiger partial charge in [0.15, 0.2) is 0 Å². The average Bonchev–Trinajstić information content (AvgIpc) is 3.30. The van der Waals surface area contributed by atoms with Crippen LogP contribution in [0.1, 0.15) is 12.8 Å². The number of rotatable bonds is 9. The predicted octanol–water partition coefficient (Wildman–Crippen LogP) is 2.36. The maximum absolute atomic E-state index is 12.2. The highest BCUT2D eigenvalue weighted by atomic mass is 32.2. The quantitative estimate of drug-likeness (QED) is 0.543. The molecular weight excluding hydrogens is 284 g/mol. The van der Waals surface area contributed by atoms with Crippen LogP contribution in [0.25, 0.3) is 0 Å². The predicted molar refractivity (Wildman–Crippen MR) is 87.7 cm³/mol. The van der Waals surface area contributed by atoms with Gasteiger partial charge in [0.2, 0.25) is 5.91 Å². The number of thioether (sulfide) groups is 1. The molecule has 1 aliphatic rings. The van der Waals surface area contributed by atoms with E-state index in [2.05, 4.69) is 16.8 Å². The number of carbonyl (C=O) groups excluding carboxylic acids is 1. The van der Waals surface area contributed by atoms with Gasteiger partial charge in [-0.25, -0.2) is 0 Å². The number of hydrogen-bond acceptors (Lipinski definition) is 4. The molecule has 1 amide bonds. The minimum absolute atomic E-state index is 0.0259. The zero-order chi connectivity index (χ0) is 15.1. The first kappa shape index (κ1) is 16.1. The lowest BCUT2D eigenvalue weighted by molar-refractivity contribution is -0.117. The molecule has 0 radical (unpaired) electrons. The third kappa shape index (κ3) is 5.19. The fourth-order valence-corrected chi connectivity index (χ4v) is 2.92. The number of benzene rings is 1. The highest BCUT2D eigenvalue weighted by Gasteiger charge is 2.29. The Morgan fingerprint density at radius 1 is 1.48 bits per heavy atom. The van der Waals surface area contributed by atoms with Crippen molar-refractivity contribution in [2.45, 2.75) is 23.8 Å². The van der Waals surface area contributed by atoms with E-state index in [1.165, 1.54) is 0 Å². The Morgan fingerprint density at radius 3 is 2.90 bits per heavy atom. The van der Waals surface area contributed by atoms with E-state index in [9.17, 15) is 4.79 Å². The van der Waals surface area contributed by atoms with Crippen LogP contribution in [-0.2, 0) is 4.79 Å². The van der Waals surface area contributed by atoms with Gasteiger partial charge in [0.1, 0.15) is 0 Å². The first-order chi connectivity index (χ1) is 10.2. The highest BCUT2D eigenvalue weighted by Crippen LogP contribution is 2.28. The SMILES string of the molecule is C=CCSc1ccccc1NC(=O)CN(CCO)C1CC1. The molecule has 5 heteroatoms. The number of aliphatic hydroxyl groups excluding tert-OH is 1. The van der Waals surface area contributed by atoms with E-state index in [-0.39, 0.29) is 12.5 Å². The third-order valence-electron chi connectivity index (χ3n) is 3.32. The molecule has 0 spiro atoms. The molecule has 4 nitrogen and oxygen atoms in total. The van der Waals surface area contributed by atoms with Crippen LogP contribution in [0.15, 0.2) is 41.8 Å². The number of nitrogens with zero attached hydrogens (tertiary/aromatic N) is 1. The van der Waals surface area contributed by atoms with Crippen LogP contribution in [0.2, 0.25) is 0 Å². The number of hydrogen-bond donors (Lipinski definition) is 2. The molecule has 114 valence electrons. The molecule has 1 saturated carbocycles. The first-order valence-corrected chi connectivity index (χ1v) is 8.20. The minimum Gasteiger partial charge on any atom is -0.395 e. The van der Waals surface area contributed by atoms with Gasteiger partial charge in [-0.15, -0.1) is 18.3 Å². The number of aliphatic hydroxyl groups is 1. The van der Waals surface area contributed by atoms with Crippen LogP contribution in [-0.4, -0.2) is 47.4 Å². The molecule has 1 aliphatic carbocycles. The van der Waals surface area contributed by atoms with Crippen molar-refractivity contribution < 1.29 is 9.90 Å². The van der Waals surface area contributed by atoms with E-state index in [0.29, 0.717) is 19.1 Å². The Morgan fingerprint density at radius 2 is 2.24 bits per heavy atom. The van der Waals surface area contributed by atoms with Crippen LogP contribution in [0.4, 0.5) is 5.69 Å². The van der Waals surface area contributed by atoms with E-state index in [0.717, 1.165) is 29.2 Å². The molecule has 2 rings (SSSR count). The third-order valence-corrected chi connectivity index (χ3v) is 4.38. The molecule has 1 aromatic carbocycles. The lowest BCUT2D eigenvalue weighted by atomic mass is 10.3. The summed E-state index contributed by atoms with van der Waals surface area (Å²) in [6.45, 7) is 4.71. The van der Waals surface area contributed by atoms with Crippen molar-refractivity contribution in [2.75, 3.05) is 30.8 Å². The lowest BCUT2D eigenvalue weighted by Gasteiger charge is -2.20. The van der Waals surface area contributed by atoms with E-state index in [1.54, 1.807) is 11.8 Å². The fraction of sp³-hybridized carbons (Fsp3) is 0.438. The standard InChI is InChI=1S/C16H22N2O2S/c1-2-11-21-15-6-4-3-5-14(15)17-16(20)12-18(9-10-19)13-7-8-13/h2-6,13,19H,1,7-12H2,(H,17,20). The molecule has 0 aromatic heterocycles. The number of carbonyl (C=O) groups is 1. The fourth-order valence-electron chi connectivity index (χ4n) is 2.18. The summed E-state index contributed by atoms with van der Waals surface area (Å²) in [5.41, 5.74) is 0.842. The second kappa shape index (κ2) is 8.22. The molecule has 0 unspecified atom stereocenters. The van der Waals surface area contributed by atoms with Crippen LogP contribution in [0.3, 0.4) is 0 Å². The summed E-state index contributed by atoms with van der Waals surface area (Å²) in [6.07, 6.45) is 4.09. The van der Waals surface area contributed by atoms with Crippen LogP contribution in [0, 0.1) is 0 Å². The van der Waals surface area contributed by atoms with Crippen molar-refractivity contribution in [1.29, 1.82) is 0 Å². The first-order valence-electron chi connectivity index (χ1n) is 7.22. The molecule has 0 bridgehead atoms. The van der Waals surface area contributed by atoms with Crippen molar-refractivity contribution in [3.8, 4) is 0 Å². The van der Waals surface area contributed by atoms with Crippen molar-refractivity contribution in [3.63, 3.8) is 0 Å². The van der Waals surface area contributed by atoms with Crippen LogP contribution >= 0.6 is 11.8 Å². The van der Waals surface area contributed by atoms with Crippen LogP contribution < -0.4 is 5.32 Å². The summed E-state index contributed by atoms with van der Waals surface area (Å²) in [5, 5.41) is 12.0. The monoisotopic (exact) mass is 306 g/mol. The Bertz CT molecular complexity index is 489. The normalized spacial score (nSPS) is 14.2. The van der Waals surface area contributed by atoms with Gasteiger partial charge in [-0.1, -0.05) is 18.2 Å². The summed E-state index contributed by atoms with van der Waals surface area (Å²) in [4.78, 5) is 15.3. The zero-order valence-electron chi connectivity index (χ0n) is 12.1. The molecule has 0 heterocycles. The van der Waals surface area contributed by atoms with E-state index < -0.39 is 0 Å². The second-order valence-electron chi connectivity index (χ2n) is 5.07. The maximum Gasteiger partial charge on any atom is 0.238 e. The summed E-state index contributed by atoms with van der Waals surface area (Å²) < 4.78 is 0. The van der Waals surface area contributed by atoms with Gasteiger partial charge in [0.05, 0.1) is 18.8 Å². The number of anilines is 1. The van der Waals surface area contributed by atoms with E-state index in [4.69, 9.17) is 5.11 Å². The van der Waals surface area contributed by atoms with Gasteiger partial charge in [0.25, 0.3) is 0 Å². The number of amides is 1. The van der Waals surface area contributed by atoms with E-state index >= 15 is 0 Å². The van der Waals surface area contributed by atoms with Gasteiger partial charge in [-0.2, -0.15) is 0 Å². The molecule has 1 aromatic rings. The lowest BCUT2D eigenvalue weighted by Crippen LogP contribution is -2.36. The summed E-state index contributed by atoms with van der Waals surface area (Å²) >= 11 is 1.65. The summed E-state index contributed by atoms with van der Waals surface area (Å²) in [6, 6.07) is 8.25. The molecule has 1 fully saturated rings. The van der Waals surface area contributed by atoms with Crippen molar-refractivity contribution >= 4 is 23.4 Å². The van der Waals surface area contributed by atoms with E-state index in [1.807, 2.05) is 30.3 Å². The van der Waals surface area contributed by atoms with Crippen molar-refractivity contribution in [2.24, 2.45) is 0 Å².